The lowest BCUT2D eigenvalue weighted by atomic mass is 10.2. The maximum Gasteiger partial charge on any atom is 0.191 e. The molecule has 0 amide bonds. The standard InChI is InChI=1S/C14H22N6.HI/c1-3-9-16-14(15-2)17-10-8-13-19-18-12-7-5-4-6-11-20(12)13;/h1H,4-11H2,2H3,(H2,15,16,17);1H. The quantitative estimate of drug-likeness (QED) is 0.341. The highest BCUT2D eigenvalue weighted by atomic mass is 127. The van der Waals surface area contributed by atoms with E-state index in [-0.39, 0.29) is 24.0 Å². The Morgan fingerprint density at radius 3 is 2.95 bits per heavy atom. The van der Waals surface area contributed by atoms with Gasteiger partial charge in [-0.2, -0.15) is 0 Å². The van der Waals surface area contributed by atoms with E-state index in [4.69, 9.17) is 6.42 Å². The first-order chi connectivity index (χ1) is 9.85. The third kappa shape index (κ3) is 5.19. The first-order valence-corrected chi connectivity index (χ1v) is 7.14. The van der Waals surface area contributed by atoms with Gasteiger partial charge in [-0.25, -0.2) is 0 Å². The molecule has 0 aliphatic carbocycles. The van der Waals surface area contributed by atoms with E-state index in [9.17, 15) is 0 Å². The van der Waals surface area contributed by atoms with Crippen molar-refractivity contribution in [3.8, 4) is 12.3 Å². The van der Waals surface area contributed by atoms with Crippen LogP contribution in [-0.4, -0.2) is 40.9 Å². The SMILES string of the molecule is C#CCNC(=NC)NCCc1nnc2n1CCCCC2.I. The van der Waals surface area contributed by atoms with Gasteiger partial charge in [-0.3, -0.25) is 4.99 Å². The minimum atomic E-state index is 0. The maximum atomic E-state index is 5.21. The number of aromatic nitrogens is 3. The predicted octanol–water partition coefficient (Wildman–Crippen LogP) is 0.963. The highest BCUT2D eigenvalue weighted by Gasteiger charge is 2.14. The number of nitrogens with one attached hydrogen (secondary N) is 2. The van der Waals surface area contributed by atoms with Crippen LogP contribution in [0.15, 0.2) is 4.99 Å². The number of guanidine groups is 1. The molecule has 1 aliphatic rings. The highest BCUT2D eigenvalue weighted by Crippen LogP contribution is 2.14. The molecule has 2 N–H and O–H groups in total. The molecule has 0 atom stereocenters. The molecule has 0 spiro atoms. The summed E-state index contributed by atoms with van der Waals surface area (Å²) in [5, 5.41) is 14.9. The van der Waals surface area contributed by atoms with Gasteiger partial charge in [0.15, 0.2) is 5.96 Å². The van der Waals surface area contributed by atoms with Gasteiger partial charge in [0.2, 0.25) is 0 Å². The van der Waals surface area contributed by atoms with Crippen LogP contribution in [0.5, 0.6) is 0 Å². The molecule has 1 aromatic rings. The number of hydrogen-bond donors (Lipinski definition) is 2. The van der Waals surface area contributed by atoms with Crippen molar-refractivity contribution in [1.82, 2.24) is 25.4 Å². The number of terminal acetylenes is 1. The monoisotopic (exact) mass is 402 g/mol. The molecule has 1 aromatic heterocycles. The highest BCUT2D eigenvalue weighted by molar-refractivity contribution is 14.0. The van der Waals surface area contributed by atoms with Crippen molar-refractivity contribution < 1.29 is 0 Å². The molecule has 0 bridgehead atoms. The van der Waals surface area contributed by atoms with Gasteiger partial charge < -0.3 is 15.2 Å². The number of fused-ring (bicyclic) bond motifs is 1. The summed E-state index contributed by atoms with van der Waals surface area (Å²) < 4.78 is 2.27. The van der Waals surface area contributed by atoms with Crippen molar-refractivity contribution in [2.24, 2.45) is 4.99 Å². The van der Waals surface area contributed by atoms with Crippen LogP contribution in [0.1, 0.15) is 30.9 Å². The first kappa shape index (κ1) is 17.8. The van der Waals surface area contributed by atoms with E-state index in [1.807, 2.05) is 0 Å². The molecule has 116 valence electrons. The van der Waals surface area contributed by atoms with Crippen LogP contribution in [0.25, 0.3) is 0 Å². The molecule has 7 heteroatoms. The van der Waals surface area contributed by atoms with Gasteiger partial charge in [0.05, 0.1) is 6.54 Å². The van der Waals surface area contributed by atoms with E-state index in [0.29, 0.717) is 6.54 Å². The van der Waals surface area contributed by atoms with Gasteiger partial charge in [0, 0.05) is 33.0 Å². The van der Waals surface area contributed by atoms with E-state index >= 15 is 0 Å². The van der Waals surface area contributed by atoms with Gasteiger partial charge >= 0.3 is 0 Å². The second-order valence-corrected chi connectivity index (χ2v) is 4.80. The van der Waals surface area contributed by atoms with Crippen LogP contribution < -0.4 is 10.6 Å². The van der Waals surface area contributed by atoms with E-state index < -0.39 is 0 Å². The molecule has 2 rings (SSSR count). The topological polar surface area (TPSA) is 67.1 Å². The average molecular weight is 402 g/mol. The Bertz CT molecular complexity index is 502. The van der Waals surface area contributed by atoms with Crippen molar-refractivity contribution in [2.45, 2.75) is 38.6 Å². The van der Waals surface area contributed by atoms with Crippen LogP contribution in [-0.2, 0) is 19.4 Å². The average Bonchev–Trinajstić information content (AvgIpc) is 2.70. The smallest absolute Gasteiger partial charge is 0.191 e. The molecule has 6 nitrogen and oxygen atoms in total. The van der Waals surface area contributed by atoms with Crippen LogP contribution in [0, 0.1) is 12.3 Å². The molecule has 0 saturated carbocycles. The third-order valence-corrected chi connectivity index (χ3v) is 3.41. The summed E-state index contributed by atoms with van der Waals surface area (Å²) in [5.74, 6) is 5.44. The van der Waals surface area contributed by atoms with Crippen LogP contribution in [0.4, 0.5) is 0 Å². The summed E-state index contributed by atoms with van der Waals surface area (Å²) in [6.07, 6.45) is 10.8. The van der Waals surface area contributed by atoms with Crippen LogP contribution >= 0.6 is 24.0 Å². The molecule has 0 aromatic carbocycles. The summed E-state index contributed by atoms with van der Waals surface area (Å²) in [6, 6.07) is 0. The van der Waals surface area contributed by atoms with Crippen molar-refractivity contribution in [2.75, 3.05) is 20.1 Å². The van der Waals surface area contributed by atoms with Gasteiger partial charge in [-0.15, -0.1) is 40.6 Å². The Morgan fingerprint density at radius 1 is 1.33 bits per heavy atom. The first-order valence-electron chi connectivity index (χ1n) is 7.14. The molecular weight excluding hydrogens is 379 g/mol. The summed E-state index contributed by atoms with van der Waals surface area (Å²) in [4.78, 5) is 4.10. The second kappa shape index (κ2) is 9.60. The molecule has 21 heavy (non-hydrogen) atoms. The fourth-order valence-corrected chi connectivity index (χ4v) is 2.38. The lowest BCUT2D eigenvalue weighted by Gasteiger charge is -2.10. The Hall–Kier alpha value is -1.30. The number of rotatable bonds is 4. The van der Waals surface area contributed by atoms with Crippen molar-refractivity contribution in [3.05, 3.63) is 11.6 Å². The minimum absolute atomic E-state index is 0. The van der Waals surface area contributed by atoms with Crippen molar-refractivity contribution >= 4 is 29.9 Å². The summed E-state index contributed by atoms with van der Waals surface area (Å²) >= 11 is 0. The third-order valence-electron chi connectivity index (χ3n) is 3.41. The Morgan fingerprint density at radius 2 is 2.19 bits per heavy atom. The van der Waals surface area contributed by atoms with Crippen molar-refractivity contribution in [3.63, 3.8) is 0 Å². The van der Waals surface area contributed by atoms with Crippen LogP contribution in [0.3, 0.4) is 0 Å². The van der Waals surface area contributed by atoms with E-state index in [1.165, 1.54) is 19.3 Å². The largest absolute Gasteiger partial charge is 0.356 e. The maximum absolute atomic E-state index is 5.21. The number of aryl methyl sites for hydroxylation is 1. The van der Waals surface area contributed by atoms with E-state index in [0.717, 1.165) is 43.5 Å². The zero-order valence-electron chi connectivity index (χ0n) is 12.4. The van der Waals surface area contributed by atoms with Gasteiger partial charge in [0.25, 0.3) is 0 Å². The number of hydrogen-bond acceptors (Lipinski definition) is 3. The fourth-order valence-electron chi connectivity index (χ4n) is 2.38. The Balaban J connectivity index is 0.00000220. The van der Waals surface area contributed by atoms with Crippen molar-refractivity contribution in [1.29, 1.82) is 0 Å². The van der Waals surface area contributed by atoms with Gasteiger partial charge in [-0.1, -0.05) is 12.3 Å². The summed E-state index contributed by atoms with van der Waals surface area (Å²) in [7, 11) is 1.73. The normalized spacial score (nSPS) is 14.4. The molecule has 0 unspecified atom stereocenters. The Kier molecular flexibility index (Phi) is 8.12. The molecule has 0 fully saturated rings. The second-order valence-electron chi connectivity index (χ2n) is 4.80. The van der Waals surface area contributed by atoms with Gasteiger partial charge in [-0.05, 0) is 12.8 Å². The number of aliphatic imine (C=N–C) groups is 1. The summed E-state index contributed by atoms with van der Waals surface area (Å²) in [6.45, 7) is 2.28. The zero-order valence-corrected chi connectivity index (χ0v) is 14.8. The van der Waals surface area contributed by atoms with E-state index in [1.54, 1.807) is 7.05 Å². The Labute approximate surface area is 143 Å². The van der Waals surface area contributed by atoms with E-state index in [2.05, 4.69) is 36.3 Å². The lowest BCUT2D eigenvalue weighted by molar-refractivity contribution is 0.600. The molecular formula is C14H23IN6. The van der Waals surface area contributed by atoms with Gasteiger partial charge in [0.1, 0.15) is 11.6 Å². The molecule has 0 radical (unpaired) electrons. The number of nitrogens with zero attached hydrogens (tertiary/aromatic N) is 4. The zero-order chi connectivity index (χ0) is 14.2. The molecule has 0 saturated heterocycles. The lowest BCUT2D eigenvalue weighted by Crippen LogP contribution is -2.38. The molecule has 2 heterocycles. The predicted molar refractivity (Wildman–Crippen MR) is 94.9 cm³/mol. The fraction of sp³-hybridized carbons (Fsp3) is 0.643. The summed E-state index contributed by atoms with van der Waals surface area (Å²) in [5.41, 5.74) is 0. The number of halogens is 1. The molecule has 1 aliphatic heterocycles. The minimum Gasteiger partial charge on any atom is -0.356 e. The van der Waals surface area contributed by atoms with Crippen LogP contribution in [0.2, 0.25) is 0 Å².